The maximum absolute atomic E-state index is 13.4. The first-order valence-electron chi connectivity index (χ1n) is 9.56. The van der Waals surface area contributed by atoms with Crippen LogP contribution in [0, 0.1) is 19.8 Å². The molecule has 0 aliphatic carbocycles. The maximum Gasteiger partial charge on any atom is 0.418 e. The minimum atomic E-state index is -4.70. The van der Waals surface area contributed by atoms with Gasteiger partial charge in [-0.3, -0.25) is 4.90 Å². The van der Waals surface area contributed by atoms with Crippen molar-refractivity contribution in [1.29, 1.82) is 0 Å². The van der Waals surface area contributed by atoms with E-state index in [1.807, 2.05) is 13.8 Å². The molecule has 2 aromatic rings. The molecule has 1 aromatic carbocycles. The zero-order valence-electron chi connectivity index (χ0n) is 16.8. The van der Waals surface area contributed by atoms with Gasteiger partial charge < -0.3 is 9.73 Å². The molecule has 0 amide bonds. The van der Waals surface area contributed by atoms with Crippen LogP contribution in [0.25, 0.3) is 0 Å². The number of sulfonamides is 1. The minimum absolute atomic E-state index is 0.150. The number of likely N-dealkylation sites (tertiary alicyclic amines) is 1. The summed E-state index contributed by atoms with van der Waals surface area (Å²) < 4.78 is 68.5. The largest absolute Gasteiger partial charge is 0.444 e. The van der Waals surface area contributed by atoms with Gasteiger partial charge in [0, 0.05) is 12.2 Å². The Labute approximate surface area is 173 Å². The Bertz CT molecular complexity index is 977. The molecule has 11 heteroatoms. The van der Waals surface area contributed by atoms with Crippen molar-refractivity contribution in [3.8, 4) is 0 Å². The number of benzene rings is 1. The smallest absolute Gasteiger partial charge is 0.418 e. The quantitative estimate of drug-likeness (QED) is 0.706. The third-order valence-electron chi connectivity index (χ3n) is 5.34. The normalized spacial score (nSPS) is 16.7. The van der Waals surface area contributed by atoms with E-state index in [0.717, 1.165) is 49.5 Å². The SMILES string of the molecule is Cc1nc(CN2CCC(CNc3ccc(S(N)(=O)=O)cc3C(F)(F)F)CC2)oc1C. The fourth-order valence-electron chi connectivity index (χ4n) is 3.49. The van der Waals surface area contributed by atoms with Gasteiger partial charge in [0.1, 0.15) is 5.76 Å². The second-order valence-electron chi connectivity index (χ2n) is 7.60. The first kappa shape index (κ1) is 22.6. The number of aromatic nitrogens is 1. The molecule has 7 nitrogen and oxygen atoms in total. The number of nitrogens with two attached hydrogens (primary N) is 1. The first-order valence-corrected chi connectivity index (χ1v) is 11.1. The Morgan fingerprint density at radius 1 is 1.27 bits per heavy atom. The number of alkyl halides is 3. The number of primary sulfonamides is 1. The fraction of sp³-hybridized carbons (Fsp3) is 0.526. The number of rotatable bonds is 6. The number of piperidine rings is 1. The van der Waals surface area contributed by atoms with Crippen molar-refractivity contribution < 1.29 is 26.0 Å². The lowest BCUT2D eigenvalue weighted by Gasteiger charge is -2.31. The number of oxazole rings is 1. The van der Waals surface area contributed by atoms with Crippen molar-refractivity contribution in [2.45, 2.75) is 44.3 Å². The summed E-state index contributed by atoms with van der Waals surface area (Å²) in [4.78, 5) is 6.02. The van der Waals surface area contributed by atoms with E-state index in [0.29, 0.717) is 25.0 Å². The number of nitrogens with one attached hydrogen (secondary N) is 1. The Hall–Kier alpha value is -2.11. The van der Waals surface area contributed by atoms with Gasteiger partial charge in [0.25, 0.3) is 0 Å². The highest BCUT2D eigenvalue weighted by Crippen LogP contribution is 2.36. The molecule has 0 radical (unpaired) electrons. The number of halogens is 3. The van der Waals surface area contributed by atoms with Crippen LogP contribution >= 0.6 is 0 Å². The average molecular weight is 446 g/mol. The van der Waals surface area contributed by atoms with Crippen LogP contribution in [0.4, 0.5) is 18.9 Å². The third kappa shape index (κ3) is 5.52. The summed E-state index contributed by atoms with van der Waals surface area (Å²) in [6.45, 7) is 6.33. The van der Waals surface area contributed by atoms with Gasteiger partial charge in [0.05, 0.1) is 22.7 Å². The summed E-state index contributed by atoms with van der Waals surface area (Å²) in [5.74, 6) is 1.68. The molecule has 3 N–H and O–H groups in total. The van der Waals surface area contributed by atoms with Crippen molar-refractivity contribution in [2.75, 3.05) is 25.0 Å². The van der Waals surface area contributed by atoms with Gasteiger partial charge >= 0.3 is 6.18 Å². The van der Waals surface area contributed by atoms with Crippen molar-refractivity contribution in [1.82, 2.24) is 9.88 Å². The highest BCUT2D eigenvalue weighted by atomic mass is 32.2. The standard InChI is InChI=1S/C19H25F3N4O3S/c1-12-13(2)29-18(25-12)11-26-7-5-14(6-8-26)10-24-17-4-3-15(30(23,27)28)9-16(17)19(20,21)22/h3-4,9,14,24H,5-8,10-11H2,1-2H3,(H2,23,27,28). The van der Waals surface area contributed by atoms with Gasteiger partial charge in [-0.1, -0.05) is 0 Å². The van der Waals surface area contributed by atoms with Crippen molar-refractivity contribution in [3.05, 3.63) is 41.1 Å². The van der Waals surface area contributed by atoms with Crippen LogP contribution in [0.15, 0.2) is 27.5 Å². The molecule has 1 aliphatic heterocycles. The molecule has 1 aromatic heterocycles. The third-order valence-corrected chi connectivity index (χ3v) is 6.26. The van der Waals surface area contributed by atoms with Gasteiger partial charge in [-0.25, -0.2) is 18.5 Å². The zero-order chi connectivity index (χ0) is 22.1. The number of hydrogen-bond acceptors (Lipinski definition) is 6. The topological polar surface area (TPSA) is 101 Å². The molecular formula is C19H25F3N4O3S. The van der Waals surface area contributed by atoms with Crippen LogP contribution in [-0.4, -0.2) is 37.9 Å². The highest BCUT2D eigenvalue weighted by molar-refractivity contribution is 7.89. The monoisotopic (exact) mass is 446 g/mol. The molecule has 1 aliphatic rings. The molecule has 0 saturated carbocycles. The second kappa shape index (κ2) is 8.56. The molecule has 0 atom stereocenters. The summed E-state index contributed by atoms with van der Waals surface area (Å²) in [6.07, 6.45) is -3.05. The maximum atomic E-state index is 13.4. The molecule has 166 valence electrons. The van der Waals surface area contributed by atoms with Gasteiger partial charge in [0.2, 0.25) is 15.9 Å². The molecule has 30 heavy (non-hydrogen) atoms. The second-order valence-corrected chi connectivity index (χ2v) is 9.16. The van der Waals surface area contributed by atoms with E-state index in [2.05, 4.69) is 15.2 Å². The summed E-state index contributed by atoms with van der Waals surface area (Å²) in [5.41, 5.74) is -0.317. The van der Waals surface area contributed by atoms with E-state index in [9.17, 15) is 21.6 Å². The summed E-state index contributed by atoms with van der Waals surface area (Å²) >= 11 is 0. The van der Waals surface area contributed by atoms with E-state index in [1.165, 1.54) is 0 Å². The Kier molecular flexibility index (Phi) is 6.44. The number of hydrogen-bond donors (Lipinski definition) is 2. The predicted molar refractivity (Wildman–Crippen MR) is 105 cm³/mol. The van der Waals surface area contributed by atoms with Gasteiger partial charge in [-0.15, -0.1) is 0 Å². The molecule has 0 bridgehead atoms. The van der Waals surface area contributed by atoms with Gasteiger partial charge in [0.15, 0.2) is 0 Å². The van der Waals surface area contributed by atoms with Crippen LogP contribution in [0.1, 0.15) is 35.7 Å². The fourth-order valence-corrected chi connectivity index (χ4v) is 4.03. The van der Waals surface area contributed by atoms with Crippen molar-refractivity contribution in [3.63, 3.8) is 0 Å². The van der Waals surface area contributed by atoms with Crippen LogP contribution in [-0.2, 0) is 22.7 Å². The Morgan fingerprint density at radius 3 is 2.47 bits per heavy atom. The minimum Gasteiger partial charge on any atom is -0.444 e. The summed E-state index contributed by atoms with van der Waals surface area (Å²) in [6, 6.07) is 2.77. The van der Waals surface area contributed by atoms with E-state index in [1.54, 1.807) is 0 Å². The van der Waals surface area contributed by atoms with E-state index < -0.39 is 26.7 Å². The van der Waals surface area contributed by atoms with Crippen molar-refractivity contribution >= 4 is 15.7 Å². The number of nitrogens with zero attached hydrogens (tertiary/aromatic N) is 2. The van der Waals surface area contributed by atoms with Gasteiger partial charge in [-0.2, -0.15) is 13.2 Å². The predicted octanol–water partition coefficient (Wildman–Crippen LogP) is 3.28. The lowest BCUT2D eigenvalue weighted by Crippen LogP contribution is -2.35. The summed E-state index contributed by atoms with van der Waals surface area (Å²) in [5, 5.41) is 7.79. The van der Waals surface area contributed by atoms with Crippen LogP contribution in [0.3, 0.4) is 0 Å². The van der Waals surface area contributed by atoms with Crippen molar-refractivity contribution in [2.24, 2.45) is 11.1 Å². The summed E-state index contributed by atoms with van der Waals surface area (Å²) in [7, 11) is -4.22. The number of anilines is 1. The number of aryl methyl sites for hydroxylation is 2. The van der Waals surface area contributed by atoms with E-state index in [4.69, 9.17) is 9.56 Å². The zero-order valence-corrected chi connectivity index (χ0v) is 17.6. The molecule has 0 spiro atoms. The van der Waals surface area contributed by atoms with Gasteiger partial charge in [-0.05, 0) is 63.9 Å². The van der Waals surface area contributed by atoms with Crippen LogP contribution < -0.4 is 10.5 Å². The van der Waals surface area contributed by atoms with E-state index in [-0.39, 0.29) is 11.6 Å². The molecule has 3 rings (SSSR count). The Balaban J connectivity index is 1.58. The Morgan fingerprint density at radius 2 is 1.93 bits per heavy atom. The van der Waals surface area contributed by atoms with E-state index >= 15 is 0 Å². The molecule has 1 fully saturated rings. The highest BCUT2D eigenvalue weighted by Gasteiger charge is 2.35. The lowest BCUT2D eigenvalue weighted by atomic mass is 9.96. The first-order chi connectivity index (χ1) is 13.9. The van der Waals surface area contributed by atoms with Crippen LogP contribution in [0.2, 0.25) is 0 Å². The molecule has 0 unspecified atom stereocenters. The molecular weight excluding hydrogens is 421 g/mol. The lowest BCUT2D eigenvalue weighted by molar-refractivity contribution is -0.137. The average Bonchev–Trinajstić information content (AvgIpc) is 2.96. The molecule has 2 heterocycles. The van der Waals surface area contributed by atoms with Crippen LogP contribution in [0.5, 0.6) is 0 Å². The molecule has 1 saturated heterocycles.